The highest BCUT2D eigenvalue weighted by atomic mass is 16.5. The Bertz CT molecular complexity index is 498. The quantitative estimate of drug-likeness (QED) is 0.548. The number of hydrogen-bond acceptors (Lipinski definition) is 5. The summed E-state index contributed by atoms with van der Waals surface area (Å²) < 4.78 is 5.54. The van der Waals surface area contributed by atoms with Crippen molar-refractivity contribution in [2.45, 2.75) is 6.92 Å². The fraction of sp³-hybridized carbons (Fsp3) is 0.357. The van der Waals surface area contributed by atoms with E-state index in [0.717, 1.165) is 0 Å². The molecule has 0 radical (unpaired) electrons. The van der Waals surface area contributed by atoms with Crippen LogP contribution in [0.1, 0.15) is 17.3 Å². The summed E-state index contributed by atoms with van der Waals surface area (Å²) in [6.45, 7) is 2.65. The van der Waals surface area contributed by atoms with Crippen LogP contribution in [0.5, 0.6) is 5.75 Å². The number of nitriles is 2. The van der Waals surface area contributed by atoms with E-state index in [1.165, 1.54) is 6.92 Å². The fourth-order valence-electron chi connectivity index (χ4n) is 1.58. The van der Waals surface area contributed by atoms with Gasteiger partial charge >= 0.3 is 0 Å². The van der Waals surface area contributed by atoms with Gasteiger partial charge in [0, 0.05) is 6.54 Å². The van der Waals surface area contributed by atoms with Crippen LogP contribution in [0.2, 0.25) is 0 Å². The lowest BCUT2D eigenvalue weighted by molar-refractivity contribution is 0.101. The van der Waals surface area contributed by atoms with Crippen LogP contribution in [0.4, 0.5) is 0 Å². The number of ketones is 1. The molecule has 5 heteroatoms. The highest BCUT2D eigenvalue weighted by Crippen LogP contribution is 2.18. The van der Waals surface area contributed by atoms with Crippen molar-refractivity contribution in [2.75, 3.05) is 26.2 Å². The minimum Gasteiger partial charge on any atom is -0.491 e. The van der Waals surface area contributed by atoms with E-state index in [0.29, 0.717) is 24.5 Å². The normalized spacial score (nSPS) is 9.68. The molecule has 0 bridgehead atoms. The predicted molar refractivity (Wildman–Crippen MR) is 69.6 cm³/mol. The number of carbonyl (C=O) groups excluding carboxylic acids is 1. The molecular weight excluding hydrogens is 242 g/mol. The van der Waals surface area contributed by atoms with Crippen molar-refractivity contribution in [2.24, 2.45) is 0 Å². The molecule has 0 aliphatic heterocycles. The van der Waals surface area contributed by atoms with Crippen molar-refractivity contribution >= 4 is 5.78 Å². The molecule has 0 fully saturated rings. The summed E-state index contributed by atoms with van der Waals surface area (Å²) in [5.74, 6) is 0.477. The Hall–Kier alpha value is -2.37. The largest absolute Gasteiger partial charge is 0.491 e. The number of nitrogens with zero attached hydrogens (tertiary/aromatic N) is 3. The first kappa shape index (κ1) is 14.7. The number of rotatable bonds is 7. The van der Waals surface area contributed by atoms with Gasteiger partial charge in [-0.15, -0.1) is 0 Å². The van der Waals surface area contributed by atoms with Gasteiger partial charge in [0.25, 0.3) is 0 Å². The second-order valence-electron chi connectivity index (χ2n) is 3.93. The maximum absolute atomic E-state index is 11.4. The SMILES string of the molecule is CC(=O)c1ccccc1OCCN(CC#N)CC#N. The number of hydrogen-bond donors (Lipinski definition) is 0. The van der Waals surface area contributed by atoms with Gasteiger partial charge in [-0.25, -0.2) is 0 Å². The van der Waals surface area contributed by atoms with Crippen LogP contribution < -0.4 is 4.74 Å². The highest BCUT2D eigenvalue weighted by Gasteiger charge is 2.08. The molecule has 0 N–H and O–H groups in total. The summed E-state index contributed by atoms with van der Waals surface area (Å²) in [6, 6.07) is 11.0. The summed E-state index contributed by atoms with van der Waals surface area (Å²) in [7, 11) is 0. The standard InChI is InChI=1S/C14H15N3O2/c1-12(18)13-4-2-3-5-14(13)19-11-10-17(8-6-15)9-7-16/h2-5H,8-11H2,1H3. The summed E-state index contributed by atoms with van der Waals surface area (Å²) in [5, 5.41) is 17.2. The first-order chi connectivity index (χ1) is 9.19. The Morgan fingerprint density at radius 3 is 2.47 bits per heavy atom. The maximum atomic E-state index is 11.4. The fourth-order valence-corrected chi connectivity index (χ4v) is 1.58. The molecule has 0 saturated heterocycles. The van der Waals surface area contributed by atoms with E-state index in [-0.39, 0.29) is 18.9 Å². The van der Waals surface area contributed by atoms with Crippen LogP contribution in [0.3, 0.4) is 0 Å². The molecule has 1 aromatic rings. The van der Waals surface area contributed by atoms with Gasteiger partial charge in [-0.3, -0.25) is 9.69 Å². The van der Waals surface area contributed by atoms with Crippen LogP contribution in [0.15, 0.2) is 24.3 Å². The van der Waals surface area contributed by atoms with Gasteiger partial charge in [-0.1, -0.05) is 12.1 Å². The van der Waals surface area contributed by atoms with Gasteiger partial charge in [-0.2, -0.15) is 10.5 Å². The molecule has 0 spiro atoms. The molecule has 19 heavy (non-hydrogen) atoms. The molecule has 0 aromatic heterocycles. The molecule has 5 nitrogen and oxygen atoms in total. The molecule has 0 aliphatic rings. The zero-order chi connectivity index (χ0) is 14.1. The van der Waals surface area contributed by atoms with Crippen LogP contribution in [0.25, 0.3) is 0 Å². The molecule has 0 unspecified atom stereocenters. The lowest BCUT2D eigenvalue weighted by Crippen LogP contribution is -2.29. The minimum absolute atomic E-state index is 0.0542. The minimum atomic E-state index is -0.0542. The Kier molecular flexibility index (Phi) is 6.08. The van der Waals surface area contributed by atoms with Gasteiger partial charge in [0.15, 0.2) is 5.78 Å². The van der Waals surface area contributed by atoms with E-state index in [4.69, 9.17) is 15.3 Å². The van der Waals surface area contributed by atoms with E-state index < -0.39 is 0 Å². The molecule has 0 atom stereocenters. The maximum Gasteiger partial charge on any atom is 0.163 e. The lowest BCUT2D eigenvalue weighted by atomic mass is 10.1. The third-order valence-electron chi connectivity index (χ3n) is 2.52. The van der Waals surface area contributed by atoms with E-state index >= 15 is 0 Å². The Morgan fingerprint density at radius 2 is 1.89 bits per heavy atom. The van der Waals surface area contributed by atoms with E-state index in [9.17, 15) is 4.79 Å². The third-order valence-corrected chi connectivity index (χ3v) is 2.52. The molecule has 0 aliphatic carbocycles. The van der Waals surface area contributed by atoms with Crippen molar-refractivity contribution < 1.29 is 9.53 Å². The van der Waals surface area contributed by atoms with Gasteiger partial charge in [0.2, 0.25) is 0 Å². The van der Waals surface area contributed by atoms with Crippen molar-refractivity contribution in [3.63, 3.8) is 0 Å². The van der Waals surface area contributed by atoms with Crippen molar-refractivity contribution in [1.82, 2.24) is 4.90 Å². The van der Waals surface area contributed by atoms with Gasteiger partial charge < -0.3 is 4.74 Å². The topological polar surface area (TPSA) is 77.1 Å². The number of ether oxygens (including phenoxy) is 1. The summed E-state index contributed by atoms with van der Waals surface area (Å²) in [4.78, 5) is 13.1. The summed E-state index contributed by atoms with van der Waals surface area (Å²) >= 11 is 0. The zero-order valence-electron chi connectivity index (χ0n) is 10.8. The monoisotopic (exact) mass is 257 g/mol. The van der Waals surface area contributed by atoms with Crippen LogP contribution in [-0.2, 0) is 0 Å². The first-order valence-corrected chi connectivity index (χ1v) is 5.88. The second-order valence-corrected chi connectivity index (χ2v) is 3.93. The predicted octanol–water partition coefficient (Wildman–Crippen LogP) is 1.62. The van der Waals surface area contributed by atoms with Crippen molar-refractivity contribution in [3.05, 3.63) is 29.8 Å². The first-order valence-electron chi connectivity index (χ1n) is 5.88. The number of carbonyl (C=O) groups is 1. The number of para-hydroxylation sites is 1. The Morgan fingerprint density at radius 1 is 1.26 bits per heavy atom. The van der Waals surface area contributed by atoms with Gasteiger partial charge in [0.1, 0.15) is 12.4 Å². The molecule has 1 rings (SSSR count). The van der Waals surface area contributed by atoms with Gasteiger partial charge in [0.05, 0.1) is 30.8 Å². The molecule has 0 saturated carbocycles. The lowest BCUT2D eigenvalue weighted by Gasteiger charge is -2.16. The molecule has 0 amide bonds. The number of benzene rings is 1. The average Bonchev–Trinajstić information content (AvgIpc) is 2.39. The average molecular weight is 257 g/mol. The van der Waals surface area contributed by atoms with E-state index in [2.05, 4.69) is 0 Å². The highest BCUT2D eigenvalue weighted by molar-refractivity contribution is 5.96. The van der Waals surface area contributed by atoms with Crippen molar-refractivity contribution in [3.8, 4) is 17.9 Å². The van der Waals surface area contributed by atoms with Crippen LogP contribution in [0, 0.1) is 22.7 Å². The Labute approximate surface area is 112 Å². The Balaban J connectivity index is 2.56. The van der Waals surface area contributed by atoms with E-state index in [1.54, 1.807) is 29.2 Å². The van der Waals surface area contributed by atoms with Crippen LogP contribution in [-0.4, -0.2) is 36.9 Å². The summed E-state index contributed by atoms with van der Waals surface area (Å²) in [5.41, 5.74) is 0.537. The van der Waals surface area contributed by atoms with Crippen molar-refractivity contribution in [1.29, 1.82) is 10.5 Å². The van der Waals surface area contributed by atoms with E-state index in [1.807, 2.05) is 12.1 Å². The molecule has 1 aromatic carbocycles. The second kappa shape index (κ2) is 7.86. The molecular formula is C14H15N3O2. The molecule has 0 heterocycles. The number of Topliss-reactive ketones (excluding diaryl/α,β-unsaturated/α-hetero) is 1. The third kappa shape index (κ3) is 4.79. The zero-order valence-corrected chi connectivity index (χ0v) is 10.8. The van der Waals surface area contributed by atoms with Crippen LogP contribution >= 0.6 is 0 Å². The smallest absolute Gasteiger partial charge is 0.163 e. The van der Waals surface area contributed by atoms with Gasteiger partial charge in [-0.05, 0) is 19.1 Å². The molecule has 98 valence electrons. The summed E-state index contributed by atoms with van der Waals surface area (Å²) in [6.07, 6.45) is 0.